The minimum Gasteiger partial charge on any atom is -0.322 e. The number of anilines is 1. The minimum absolute atomic E-state index is 0.188. The van der Waals surface area contributed by atoms with Crippen molar-refractivity contribution in [2.24, 2.45) is 7.05 Å². The summed E-state index contributed by atoms with van der Waals surface area (Å²) >= 11 is 0. The molecule has 0 saturated heterocycles. The van der Waals surface area contributed by atoms with Gasteiger partial charge in [0.1, 0.15) is 0 Å². The summed E-state index contributed by atoms with van der Waals surface area (Å²) in [5, 5.41) is 15.2. The van der Waals surface area contributed by atoms with Crippen molar-refractivity contribution in [3.05, 3.63) is 66.4 Å². The monoisotopic (exact) mass is 330 g/mol. The Bertz CT molecular complexity index is 1070. The maximum Gasteiger partial charge on any atom is 0.256 e. The van der Waals surface area contributed by atoms with Gasteiger partial charge in [0.05, 0.1) is 11.1 Å². The highest BCUT2D eigenvalue weighted by molar-refractivity contribution is 6.12. The Morgan fingerprint density at radius 3 is 2.80 bits per heavy atom. The Balaban J connectivity index is 1.66. The number of nitrogens with one attached hydrogen (secondary N) is 1. The van der Waals surface area contributed by atoms with E-state index in [4.69, 9.17) is 0 Å². The third-order valence-electron chi connectivity index (χ3n) is 3.89. The smallest absolute Gasteiger partial charge is 0.256 e. The van der Waals surface area contributed by atoms with Crippen LogP contribution in [0.25, 0.3) is 22.3 Å². The fourth-order valence-electron chi connectivity index (χ4n) is 2.70. The van der Waals surface area contributed by atoms with Crippen LogP contribution >= 0.6 is 0 Å². The molecule has 0 aliphatic rings. The van der Waals surface area contributed by atoms with Gasteiger partial charge in [0.2, 0.25) is 0 Å². The quantitative estimate of drug-likeness (QED) is 0.624. The summed E-state index contributed by atoms with van der Waals surface area (Å²) in [6, 6.07) is 16.7. The minimum atomic E-state index is -0.188. The van der Waals surface area contributed by atoms with Gasteiger partial charge in [-0.2, -0.15) is 0 Å². The number of hydrogen-bond acceptors (Lipinski definition) is 5. The summed E-state index contributed by atoms with van der Waals surface area (Å²) in [4.78, 5) is 17.0. The molecular formula is C18H14N6O. The maximum absolute atomic E-state index is 12.7. The second-order valence-corrected chi connectivity index (χ2v) is 5.54. The van der Waals surface area contributed by atoms with Crippen LogP contribution in [-0.2, 0) is 7.05 Å². The van der Waals surface area contributed by atoms with Crippen molar-refractivity contribution in [3.8, 4) is 11.4 Å². The summed E-state index contributed by atoms with van der Waals surface area (Å²) in [6.07, 6.45) is 1.64. The predicted molar refractivity (Wildman–Crippen MR) is 93.9 cm³/mol. The van der Waals surface area contributed by atoms with Crippen LogP contribution in [0.2, 0.25) is 0 Å². The molecule has 0 aliphatic heterocycles. The number of aromatic nitrogens is 5. The van der Waals surface area contributed by atoms with Crippen molar-refractivity contribution < 1.29 is 4.79 Å². The summed E-state index contributed by atoms with van der Waals surface area (Å²) in [5.74, 6) is 0.442. The van der Waals surface area contributed by atoms with E-state index in [1.807, 2.05) is 48.5 Å². The summed E-state index contributed by atoms with van der Waals surface area (Å²) in [6.45, 7) is 0. The number of pyridine rings is 1. The molecule has 0 aliphatic carbocycles. The molecule has 1 N–H and O–H groups in total. The zero-order valence-electron chi connectivity index (χ0n) is 13.4. The van der Waals surface area contributed by atoms with Gasteiger partial charge in [0, 0.05) is 29.9 Å². The highest BCUT2D eigenvalue weighted by atomic mass is 16.1. The zero-order chi connectivity index (χ0) is 17.2. The van der Waals surface area contributed by atoms with Gasteiger partial charge in [-0.3, -0.25) is 9.78 Å². The fraction of sp³-hybridized carbons (Fsp3) is 0.0556. The number of para-hydroxylation sites is 1. The average Bonchev–Trinajstić information content (AvgIpc) is 3.07. The van der Waals surface area contributed by atoms with E-state index in [0.29, 0.717) is 17.1 Å². The van der Waals surface area contributed by atoms with Crippen molar-refractivity contribution >= 4 is 22.5 Å². The Kier molecular flexibility index (Phi) is 3.66. The van der Waals surface area contributed by atoms with Crippen LogP contribution in [0.3, 0.4) is 0 Å². The van der Waals surface area contributed by atoms with E-state index in [2.05, 4.69) is 25.8 Å². The molecule has 0 spiro atoms. The molecule has 4 aromatic rings. The largest absolute Gasteiger partial charge is 0.322 e. The van der Waals surface area contributed by atoms with E-state index in [1.165, 1.54) is 0 Å². The molecule has 122 valence electrons. The van der Waals surface area contributed by atoms with Gasteiger partial charge in [-0.15, -0.1) is 5.10 Å². The van der Waals surface area contributed by atoms with Crippen molar-refractivity contribution in [1.29, 1.82) is 0 Å². The van der Waals surface area contributed by atoms with Crippen LogP contribution in [0.4, 0.5) is 5.69 Å². The molecule has 0 radical (unpaired) electrons. The van der Waals surface area contributed by atoms with Gasteiger partial charge < -0.3 is 5.32 Å². The number of tetrazole rings is 1. The maximum atomic E-state index is 12.7. The Hall–Kier alpha value is -3.61. The molecule has 0 unspecified atom stereocenters. The zero-order valence-corrected chi connectivity index (χ0v) is 13.4. The number of benzene rings is 2. The first-order chi connectivity index (χ1) is 12.2. The van der Waals surface area contributed by atoms with Crippen LogP contribution in [-0.4, -0.2) is 31.1 Å². The van der Waals surface area contributed by atoms with Crippen LogP contribution < -0.4 is 5.32 Å². The van der Waals surface area contributed by atoms with Gasteiger partial charge in [0.15, 0.2) is 5.82 Å². The Morgan fingerprint density at radius 2 is 1.96 bits per heavy atom. The van der Waals surface area contributed by atoms with Crippen LogP contribution in [0.15, 0.2) is 60.8 Å². The van der Waals surface area contributed by atoms with Gasteiger partial charge in [-0.25, -0.2) is 4.68 Å². The van der Waals surface area contributed by atoms with E-state index in [0.717, 1.165) is 16.5 Å². The number of carbonyl (C=O) groups excluding carboxylic acids is 1. The molecule has 2 aromatic carbocycles. The van der Waals surface area contributed by atoms with Gasteiger partial charge >= 0.3 is 0 Å². The Morgan fingerprint density at radius 1 is 1.08 bits per heavy atom. The number of aryl methyl sites for hydroxylation is 1. The first-order valence-electron chi connectivity index (χ1n) is 7.70. The van der Waals surface area contributed by atoms with E-state index in [-0.39, 0.29) is 5.91 Å². The average molecular weight is 330 g/mol. The van der Waals surface area contributed by atoms with E-state index in [1.54, 1.807) is 24.0 Å². The lowest BCUT2D eigenvalue weighted by molar-refractivity contribution is 0.102. The van der Waals surface area contributed by atoms with Crippen molar-refractivity contribution in [3.63, 3.8) is 0 Å². The van der Waals surface area contributed by atoms with Gasteiger partial charge in [-0.1, -0.05) is 30.3 Å². The van der Waals surface area contributed by atoms with Crippen molar-refractivity contribution in [2.75, 3.05) is 5.32 Å². The molecule has 2 aromatic heterocycles. The fourth-order valence-corrected chi connectivity index (χ4v) is 2.70. The highest BCUT2D eigenvalue weighted by Gasteiger charge is 2.12. The van der Waals surface area contributed by atoms with Crippen LogP contribution in [0, 0.1) is 0 Å². The Labute approximate surface area is 143 Å². The highest BCUT2D eigenvalue weighted by Crippen LogP contribution is 2.21. The molecule has 0 fully saturated rings. The molecule has 4 rings (SSSR count). The van der Waals surface area contributed by atoms with Crippen molar-refractivity contribution in [1.82, 2.24) is 25.2 Å². The molecule has 0 bridgehead atoms. The predicted octanol–water partition coefficient (Wildman–Crippen LogP) is 2.68. The molecule has 2 heterocycles. The van der Waals surface area contributed by atoms with Gasteiger partial charge in [0.25, 0.3) is 5.91 Å². The third-order valence-corrected chi connectivity index (χ3v) is 3.89. The molecule has 0 saturated carbocycles. The molecule has 7 nitrogen and oxygen atoms in total. The summed E-state index contributed by atoms with van der Waals surface area (Å²) < 4.78 is 1.58. The number of hydrogen-bond donors (Lipinski definition) is 1. The lowest BCUT2D eigenvalue weighted by Crippen LogP contribution is -2.12. The molecule has 7 heteroatoms. The standard InChI is InChI=1S/C18H14N6O/c1-24-17(21-22-23-24)12-5-4-6-13(11-12)20-18(25)15-9-10-19-16-8-3-2-7-14(15)16/h2-11H,1H3,(H,20,25). The number of fused-ring (bicyclic) bond motifs is 1. The third kappa shape index (κ3) is 2.83. The van der Waals surface area contributed by atoms with Crippen LogP contribution in [0.5, 0.6) is 0 Å². The summed E-state index contributed by atoms with van der Waals surface area (Å²) in [7, 11) is 1.77. The summed E-state index contributed by atoms with van der Waals surface area (Å²) in [5.41, 5.74) is 2.86. The normalized spacial score (nSPS) is 10.8. The number of nitrogens with zero attached hydrogens (tertiary/aromatic N) is 5. The van der Waals surface area contributed by atoms with E-state index >= 15 is 0 Å². The van der Waals surface area contributed by atoms with Crippen molar-refractivity contribution in [2.45, 2.75) is 0 Å². The SMILES string of the molecule is Cn1nnnc1-c1cccc(NC(=O)c2ccnc3ccccc23)c1. The first-order valence-corrected chi connectivity index (χ1v) is 7.70. The molecule has 1 amide bonds. The van der Waals surface area contributed by atoms with Crippen LogP contribution in [0.1, 0.15) is 10.4 Å². The van der Waals surface area contributed by atoms with E-state index in [9.17, 15) is 4.79 Å². The second-order valence-electron chi connectivity index (χ2n) is 5.54. The number of amides is 1. The molecular weight excluding hydrogens is 316 g/mol. The topological polar surface area (TPSA) is 85.6 Å². The molecule has 25 heavy (non-hydrogen) atoms. The molecule has 0 atom stereocenters. The van der Waals surface area contributed by atoms with E-state index < -0.39 is 0 Å². The lowest BCUT2D eigenvalue weighted by atomic mass is 10.1. The van der Waals surface area contributed by atoms with Gasteiger partial charge in [-0.05, 0) is 34.7 Å². The first kappa shape index (κ1) is 14.9. The number of carbonyl (C=O) groups is 1. The number of rotatable bonds is 3. The second kappa shape index (κ2) is 6.12. The lowest BCUT2D eigenvalue weighted by Gasteiger charge is -2.09.